The molecule has 2 nitrogen and oxygen atoms in total. The van der Waals surface area contributed by atoms with Gasteiger partial charge in [-0.2, -0.15) is 8.78 Å². The highest BCUT2D eigenvalue weighted by atomic mass is 32.1. The zero-order valence-corrected chi connectivity index (χ0v) is 7.35. The molecular formula is C8H7F2NOS. The van der Waals surface area contributed by atoms with Gasteiger partial charge < -0.3 is 10.5 Å². The van der Waals surface area contributed by atoms with Gasteiger partial charge in [0.2, 0.25) is 0 Å². The van der Waals surface area contributed by atoms with Gasteiger partial charge in [-0.15, -0.1) is 0 Å². The molecule has 0 saturated heterocycles. The van der Waals surface area contributed by atoms with Crippen LogP contribution in [0.5, 0.6) is 5.75 Å². The first-order valence-electron chi connectivity index (χ1n) is 3.44. The second kappa shape index (κ2) is 4.13. The fourth-order valence-electron chi connectivity index (χ4n) is 0.801. The van der Waals surface area contributed by atoms with E-state index in [9.17, 15) is 8.78 Å². The first-order chi connectivity index (χ1) is 6.09. The van der Waals surface area contributed by atoms with E-state index in [4.69, 9.17) is 5.73 Å². The molecule has 0 unspecified atom stereocenters. The van der Waals surface area contributed by atoms with E-state index in [1.54, 1.807) is 0 Å². The largest absolute Gasteiger partial charge is 0.435 e. The molecule has 0 saturated carbocycles. The lowest BCUT2D eigenvalue weighted by Crippen LogP contribution is -2.09. The number of benzene rings is 1. The van der Waals surface area contributed by atoms with Gasteiger partial charge >= 0.3 is 6.61 Å². The Balaban J connectivity index is 2.75. The molecule has 1 aromatic rings. The number of alkyl halides is 2. The highest BCUT2D eigenvalue weighted by Crippen LogP contribution is 2.14. The van der Waals surface area contributed by atoms with Crippen LogP contribution in [-0.4, -0.2) is 11.6 Å². The average Bonchev–Trinajstić information content (AvgIpc) is 2.04. The Morgan fingerprint density at radius 3 is 2.23 bits per heavy atom. The summed E-state index contributed by atoms with van der Waals surface area (Å²) >= 11 is 4.68. The maximum atomic E-state index is 11.7. The molecule has 0 fully saturated rings. The van der Waals surface area contributed by atoms with Gasteiger partial charge in [0.1, 0.15) is 10.7 Å². The molecule has 0 aromatic heterocycles. The van der Waals surface area contributed by atoms with Crippen molar-refractivity contribution in [2.75, 3.05) is 0 Å². The Morgan fingerprint density at radius 2 is 1.85 bits per heavy atom. The fraction of sp³-hybridized carbons (Fsp3) is 0.125. The summed E-state index contributed by atoms with van der Waals surface area (Å²) in [6, 6.07) is 5.83. The van der Waals surface area contributed by atoms with Crippen molar-refractivity contribution < 1.29 is 13.5 Å². The molecular weight excluding hydrogens is 196 g/mol. The predicted octanol–water partition coefficient (Wildman–Crippen LogP) is 1.92. The molecule has 0 spiro atoms. The van der Waals surface area contributed by atoms with Crippen LogP contribution in [0.4, 0.5) is 8.78 Å². The molecule has 13 heavy (non-hydrogen) atoms. The van der Waals surface area contributed by atoms with Gasteiger partial charge in [0.05, 0.1) is 0 Å². The van der Waals surface area contributed by atoms with Crippen LogP contribution < -0.4 is 10.5 Å². The molecule has 70 valence electrons. The van der Waals surface area contributed by atoms with Crippen molar-refractivity contribution in [2.45, 2.75) is 6.61 Å². The summed E-state index contributed by atoms with van der Waals surface area (Å²) in [6.07, 6.45) is 0. The SMILES string of the molecule is NC(=S)c1ccc(OC(F)F)cc1. The highest BCUT2D eigenvalue weighted by Gasteiger charge is 2.03. The van der Waals surface area contributed by atoms with Crippen LogP contribution in [0.25, 0.3) is 0 Å². The van der Waals surface area contributed by atoms with Gasteiger partial charge in [0.15, 0.2) is 0 Å². The van der Waals surface area contributed by atoms with Gasteiger partial charge in [0.25, 0.3) is 0 Å². The minimum atomic E-state index is -2.81. The molecule has 1 aromatic carbocycles. The predicted molar refractivity (Wildman–Crippen MR) is 49.0 cm³/mol. The molecule has 0 aliphatic heterocycles. The third kappa shape index (κ3) is 2.95. The van der Waals surface area contributed by atoms with Gasteiger partial charge in [0, 0.05) is 5.56 Å². The monoisotopic (exact) mass is 203 g/mol. The Hall–Kier alpha value is -1.23. The fourth-order valence-corrected chi connectivity index (χ4v) is 0.937. The molecule has 0 amide bonds. The lowest BCUT2D eigenvalue weighted by atomic mass is 10.2. The second-order valence-corrected chi connectivity index (χ2v) is 2.71. The number of rotatable bonds is 3. The summed E-state index contributed by atoms with van der Waals surface area (Å²) in [5.74, 6) is 0.0926. The van der Waals surface area contributed by atoms with Crippen LogP contribution in [0, 0.1) is 0 Å². The number of halogens is 2. The number of hydrogen-bond donors (Lipinski definition) is 1. The van der Waals surface area contributed by atoms with Crippen LogP contribution in [0.15, 0.2) is 24.3 Å². The number of hydrogen-bond acceptors (Lipinski definition) is 2. The maximum absolute atomic E-state index is 11.7. The molecule has 0 atom stereocenters. The van der Waals surface area contributed by atoms with Crippen LogP contribution in [0.1, 0.15) is 5.56 Å². The minimum absolute atomic E-state index is 0.0926. The molecule has 0 aliphatic rings. The quantitative estimate of drug-likeness (QED) is 0.762. The first-order valence-corrected chi connectivity index (χ1v) is 3.85. The van der Waals surface area contributed by atoms with E-state index in [1.165, 1.54) is 24.3 Å². The molecule has 0 aliphatic carbocycles. The Bertz CT molecular complexity index is 300. The van der Waals surface area contributed by atoms with E-state index in [0.29, 0.717) is 5.56 Å². The summed E-state index contributed by atoms with van der Waals surface area (Å²) < 4.78 is 27.5. The van der Waals surface area contributed by atoms with Crippen LogP contribution >= 0.6 is 12.2 Å². The maximum Gasteiger partial charge on any atom is 0.387 e. The van der Waals surface area contributed by atoms with E-state index in [0.717, 1.165) is 0 Å². The van der Waals surface area contributed by atoms with E-state index < -0.39 is 6.61 Å². The van der Waals surface area contributed by atoms with Crippen molar-refractivity contribution in [3.63, 3.8) is 0 Å². The van der Waals surface area contributed by atoms with E-state index in [1.807, 2.05) is 0 Å². The van der Waals surface area contributed by atoms with Crippen LogP contribution in [-0.2, 0) is 0 Å². The van der Waals surface area contributed by atoms with Crippen molar-refractivity contribution in [3.8, 4) is 5.75 Å². The molecule has 1 rings (SSSR count). The Labute approximate surface area is 79.3 Å². The van der Waals surface area contributed by atoms with Gasteiger partial charge in [-0.1, -0.05) is 12.2 Å². The summed E-state index contributed by atoms with van der Waals surface area (Å²) in [7, 11) is 0. The smallest absolute Gasteiger partial charge is 0.387 e. The third-order valence-electron chi connectivity index (χ3n) is 1.36. The van der Waals surface area contributed by atoms with Crippen molar-refractivity contribution in [2.24, 2.45) is 5.73 Å². The number of ether oxygens (including phenoxy) is 1. The lowest BCUT2D eigenvalue weighted by molar-refractivity contribution is -0.0498. The van der Waals surface area contributed by atoms with Crippen molar-refractivity contribution in [1.82, 2.24) is 0 Å². The van der Waals surface area contributed by atoms with Crippen LogP contribution in [0.2, 0.25) is 0 Å². The highest BCUT2D eigenvalue weighted by molar-refractivity contribution is 7.80. The molecule has 0 heterocycles. The zero-order valence-electron chi connectivity index (χ0n) is 6.54. The number of nitrogens with two attached hydrogens (primary N) is 1. The summed E-state index contributed by atoms with van der Waals surface area (Å²) in [5, 5.41) is 0. The average molecular weight is 203 g/mol. The van der Waals surface area contributed by atoms with Crippen molar-refractivity contribution >= 4 is 17.2 Å². The van der Waals surface area contributed by atoms with E-state index in [-0.39, 0.29) is 10.7 Å². The van der Waals surface area contributed by atoms with E-state index in [2.05, 4.69) is 17.0 Å². The van der Waals surface area contributed by atoms with Gasteiger partial charge in [-0.05, 0) is 24.3 Å². The minimum Gasteiger partial charge on any atom is -0.435 e. The Kier molecular flexibility index (Phi) is 3.13. The molecule has 0 radical (unpaired) electrons. The summed E-state index contributed by atoms with van der Waals surface area (Å²) in [5.41, 5.74) is 5.93. The summed E-state index contributed by atoms with van der Waals surface area (Å²) in [4.78, 5) is 0.226. The summed E-state index contributed by atoms with van der Waals surface area (Å²) in [6.45, 7) is -2.81. The molecule has 5 heteroatoms. The second-order valence-electron chi connectivity index (χ2n) is 2.27. The lowest BCUT2D eigenvalue weighted by Gasteiger charge is -2.04. The first kappa shape index (κ1) is 9.85. The topological polar surface area (TPSA) is 35.2 Å². The molecule has 0 bridgehead atoms. The zero-order chi connectivity index (χ0) is 9.84. The van der Waals surface area contributed by atoms with Gasteiger partial charge in [-0.25, -0.2) is 0 Å². The normalized spacial score (nSPS) is 10.1. The van der Waals surface area contributed by atoms with Gasteiger partial charge in [-0.3, -0.25) is 0 Å². The third-order valence-corrected chi connectivity index (χ3v) is 1.60. The molecule has 2 N–H and O–H groups in total. The Morgan fingerprint density at radius 1 is 1.31 bits per heavy atom. The van der Waals surface area contributed by atoms with Crippen LogP contribution in [0.3, 0.4) is 0 Å². The van der Waals surface area contributed by atoms with Crippen molar-refractivity contribution in [3.05, 3.63) is 29.8 Å². The van der Waals surface area contributed by atoms with E-state index >= 15 is 0 Å². The van der Waals surface area contributed by atoms with Crippen molar-refractivity contribution in [1.29, 1.82) is 0 Å². The number of thiocarbonyl (C=S) groups is 1. The standard InChI is InChI=1S/C8H7F2NOS/c9-8(10)12-6-3-1-5(2-4-6)7(11)13/h1-4,8H,(H2,11,13).